The Hall–Kier alpha value is -0.830. The van der Waals surface area contributed by atoms with Gasteiger partial charge in [0.25, 0.3) is 0 Å². The number of hydrogen-bond donors (Lipinski definition) is 1. The summed E-state index contributed by atoms with van der Waals surface area (Å²) < 4.78 is 0. The van der Waals surface area contributed by atoms with Gasteiger partial charge in [-0.25, -0.2) is 0 Å². The maximum atomic E-state index is 11.5. The molecule has 0 saturated carbocycles. The molecule has 0 radical (unpaired) electrons. The number of piperidine rings is 1. The van der Waals surface area contributed by atoms with Crippen molar-refractivity contribution in [1.82, 2.24) is 4.90 Å². The fourth-order valence-corrected chi connectivity index (χ4v) is 1.55. The average molecular weight is 182 g/mol. The van der Waals surface area contributed by atoms with Crippen molar-refractivity contribution >= 4 is 5.91 Å². The van der Waals surface area contributed by atoms with Crippen LogP contribution in [0.5, 0.6) is 0 Å². The van der Waals surface area contributed by atoms with E-state index in [-0.39, 0.29) is 11.9 Å². The fourth-order valence-electron chi connectivity index (χ4n) is 1.55. The molecule has 3 heteroatoms. The lowest BCUT2D eigenvalue weighted by Crippen LogP contribution is -2.45. The number of hydrogen-bond acceptors (Lipinski definition) is 2. The molecule has 0 aromatic heterocycles. The van der Waals surface area contributed by atoms with Crippen LogP contribution in [-0.4, -0.2) is 29.9 Å². The zero-order valence-electron chi connectivity index (χ0n) is 8.42. The number of carbonyl (C=O) groups is 1. The summed E-state index contributed by atoms with van der Waals surface area (Å²) in [7, 11) is 0. The van der Waals surface area contributed by atoms with E-state index in [9.17, 15) is 4.79 Å². The summed E-state index contributed by atoms with van der Waals surface area (Å²) >= 11 is 0. The summed E-state index contributed by atoms with van der Waals surface area (Å²) in [4.78, 5) is 13.4. The summed E-state index contributed by atoms with van der Waals surface area (Å²) in [5.74, 6) is 0.107. The van der Waals surface area contributed by atoms with Crippen LogP contribution >= 0.6 is 0 Å². The molecular formula is C10H18N2O. The van der Waals surface area contributed by atoms with Gasteiger partial charge in [0.2, 0.25) is 5.91 Å². The number of nitrogens with two attached hydrogens (primary N) is 1. The topological polar surface area (TPSA) is 46.3 Å². The molecule has 1 aliphatic heterocycles. The maximum absolute atomic E-state index is 11.5. The molecule has 0 bridgehead atoms. The maximum Gasteiger partial charge on any atom is 0.246 e. The van der Waals surface area contributed by atoms with E-state index in [0.29, 0.717) is 6.54 Å². The van der Waals surface area contributed by atoms with Crippen LogP contribution in [0.25, 0.3) is 0 Å². The molecule has 1 rings (SSSR count). The number of nitrogens with zero attached hydrogens (tertiary/aromatic N) is 1. The van der Waals surface area contributed by atoms with Gasteiger partial charge in [-0.3, -0.25) is 4.79 Å². The van der Waals surface area contributed by atoms with Gasteiger partial charge in [0, 0.05) is 25.2 Å². The van der Waals surface area contributed by atoms with Crippen LogP contribution in [0.3, 0.4) is 0 Å². The number of carbonyl (C=O) groups excluding carboxylic acids is 1. The van der Waals surface area contributed by atoms with Gasteiger partial charge >= 0.3 is 0 Å². The Labute approximate surface area is 79.6 Å². The predicted octanol–water partition coefficient (Wildman–Crippen LogP) is 0.902. The standard InChI is InChI=1S/C10H18N2O/c1-8(2)6-10(13)12-5-3-4-9(11)7-12/h6,9H,3-5,7,11H2,1-2H3. The highest BCUT2D eigenvalue weighted by atomic mass is 16.2. The van der Waals surface area contributed by atoms with Crippen LogP contribution in [0.1, 0.15) is 26.7 Å². The Balaban J connectivity index is 2.51. The molecule has 1 atom stereocenters. The third-order valence-electron chi connectivity index (χ3n) is 2.18. The molecule has 2 N–H and O–H groups in total. The Morgan fingerprint density at radius 3 is 2.77 bits per heavy atom. The van der Waals surface area contributed by atoms with Crippen molar-refractivity contribution in [3.8, 4) is 0 Å². The number of likely N-dealkylation sites (tertiary alicyclic amines) is 1. The Morgan fingerprint density at radius 1 is 1.54 bits per heavy atom. The molecule has 1 unspecified atom stereocenters. The van der Waals surface area contributed by atoms with Crippen molar-refractivity contribution in [3.05, 3.63) is 11.6 Å². The van der Waals surface area contributed by atoms with Crippen LogP contribution in [0, 0.1) is 0 Å². The molecular weight excluding hydrogens is 164 g/mol. The van der Waals surface area contributed by atoms with Gasteiger partial charge in [-0.15, -0.1) is 0 Å². The third kappa shape index (κ3) is 3.19. The predicted molar refractivity (Wildman–Crippen MR) is 53.2 cm³/mol. The van der Waals surface area contributed by atoms with E-state index in [4.69, 9.17) is 5.73 Å². The van der Waals surface area contributed by atoms with Crippen molar-refractivity contribution in [2.45, 2.75) is 32.7 Å². The average Bonchev–Trinajstić information content (AvgIpc) is 2.03. The minimum atomic E-state index is 0.107. The monoisotopic (exact) mass is 182 g/mol. The lowest BCUT2D eigenvalue weighted by Gasteiger charge is -2.30. The summed E-state index contributed by atoms with van der Waals surface area (Å²) in [6, 6.07) is 0.170. The highest BCUT2D eigenvalue weighted by molar-refractivity contribution is 5.88. The zero-order valence-corrected chi connectivity index (χ0v) is 8.42. The number of rotatable bonds is 1. The molecule has 0 aliphatic carbocycles. The molecule has 1 aliphatic rings. The van der Waals surface area contributed by atoms with Crippen LogP contribution < -0.4 is 5.73 Å². The van der Waals surface area contributed by atoms with Gasteiger partial charge in [0.15, 0.2) is 0 Å². The molecule has 1 saturated heterocycles. The van der Waals surface area contributed by atoms with Gasteiger partial charge in [-0.2, -0.15) is 0 Å². The van der Waals surface area contributed by atoms with Gasteiger partial charge in [0.1, 0.15) is 0 Å². The van der Waals surface area contributed by atoms with Crippen LogP contribution in [0.15, 0.2) is 11.6 Å². The summed E-state index contributed by atoms with van der Waals surface area (Å²) in [6.45, 7) is 5.43. The van der Waals surface area contributed by atoms with Crippen LogP contribution in [0.2, 0.25) is 0 Å². The van der Waals surface area contributed by atoms with E-state index in [1.54, 1.807) is 6.08 Å². The molecule has 1 amide bonds. The molecule has 1 fully saturated rings. The Kier molecular flexibility index (Phi) is 3.48. The van der Waals surface area contributed by atoms with E-state index >= 15 is 0 Å². The summed E-state index contributed by atoms with van der Waals surface area (Å²) in [5.41, 5.74) is 6.82. The van der Waals surface area contributed by atoms with Crippen molar-refractivity contribution in [2.75, 3.05) is 13.1 Å². The molecule has 74 valence electrons. The van der Waals surface area contributed by atoms with Gasteiger partial charge < -0.3 is 10.6 Å². The van der Waals surface area contributed by atoms with Gasteiger partial charge in [-0.1, -0.05) is 5.57 Å². The minimum Gasteiger partial charge on any atom is -0.338 e. The second-order valence-corrected chi connectivity index (χ2v) is 3.91. The van der Waals surface area contributed by atoms with Crippen molar-refractivity contribution < 1.29 is 4.79 Å². The van der Waals surface area contributed by atoms with Crippen molar-refractivity contribution in [3.63, 3.8) is 0 Å². The molecule has 1 heterocycles. The zero-order chi connectivity index (χ0) is 9.84. The van der Waals surface area contributed by atoms with E-state index in [2.05, 4.69) is 0 Å². The van der Waals surface area contributed by atoms with E-state index < -0.39 is 0 Å². The van der Waals surface area contributed by atoms with Crippen molar-refractivity contribution in [1.29, 1.82) is 0 Å². The normalized spacial score (nSPS) is 22.7. The summed E-state index contributed by atoms with van der Waals surface area (Å²) in [5, 5.41) is 0. The minimum absolute atomic E-state index is 0.107. The van der Waals surface area contributed by atoms with Crippen LogP contribution in [-0.2, 0) is 4.79 Å². The fraction of sp³-hybridized carbons (Fsp3) is 0.700. The second-order valence-electron chi connectivity index (χ2n) is 3.91. The van der Waals surface area contributed by atoms with Crippen LogP contribution in [0.4, 0.5) is 0 Å². The quantitative estimate of drug-likeness (QED) is 0.612. The second kappa shape index (κ2) is 4.42. The smallest absolute Gasteiger partial charge is 0.246 e. The number of amides is 1. The van der Waals surface area contributed by atoms with Gasteiger partial charge in [-0.05, 0) is 26.7 Å². The molecule has 3 nitrogen and oxygen atoms in total. The molecule has 0 spiro atoms. The van der Waals surface area contributed by atoms with E-state index in [1.165, 1.54) is 0 Å². The largest absolute Gasteiger partial charge is 0.338 e. The Bertz CT molecular complexity index is 219. The first-order chi connectivity index (χ1) is 6.09. The highest BCUT2D eigenvalue weighted by Gasteiger charge is 2.19. The Morgan fingerprint density at radius 2 is 2.23 bits per heavy atom. The highest BCUT2D eigenvalue weighted by Crippen LogP contribution is 2.09. The third-order valence-corrected chi connectivity index (χ3v) is 2.18. The first kappa shape index (κ1) is 10.3. The van der Waals surface area contributed by atoms with E-state index in [1.807, 2.05) is 18.7 Å². The molecule has 0 aromatic rings. The first-order valence-electron chi connectivity index (χ1n) is 4.79. The SMILES string of the molecule is CC(C)=CC(=O)N1CCCC(N)C1. The molecule has 0 aromatic carbocycles. The molecule has 13 heavy (non-hydrogen) atoms. The first-order valence-corrected chi connectivity index (χ1v) is 4.79. The lowest BCUT2D eigenvalue weighted by molar-refractivity contribution is -0.127. The lowest BCUT2D eigenvalue weighted by atomic mass is 10.1. The number of allylic oxidation sites excluding steroid dienone is 1. The van der Waals surface area contributed by atoms with E-state index in [0.717, 1.165) is 25.0 Å². The van der Waals surface area contributed by atoms with Crippen molar-refractivity contribution in [2.24, 2.45) is 5.73 Å². The van der Waals surface area contributed by atoms with Gasteiger partial charge in [0.05, 0.1) is 0 Å². The summed E-state index contributed by atoms with van der Waals surface area (Å²) in [6.07, 6.45) is 3.75.